The molecule has 0 fully saturated rings. The zero-order valence-corrected chi connectivity index (χ0v) is 17.7. The maximum atomic E-state index is 14.0. The Morgan fingerprint density at radius 1 is 1.17 bits per heavy atom. The predicted molar refractivity (Wildman–Crippen MR) is 110 cm³/mol. The Kier molecular flexibility index (Phi) is 8.01. The van der Waals surface area contributed by atoms with Crippen LogP contribution in [0.4, 0.5) is 13.2 Å². The first kappa shape index (κ1) is 22.7. The first-order valence-electron chi connectivity index (χ1n) is 8.72. The molecule has 0 aliphatic heterocycles. The Morgan fingerprint density at radius 3 is 2.38 bits per heavy atom. The van der Waals surface area contributed by atoms with E-state index < -0.39 is 17.6 Å². The van der Waals surface area contributed by atoms with Gasteiger partial charge in [0.15, 0.2) is 5.57 Å². The van der Waals surface area contributed by atoms with Crippen molar-refractivity contribution in [1.82, 2.24) is 4.98 Å². The van der Waals surface area contributed by atoms with E-state index in [1.807, 2.05) is 0 Å². The van der Waals surface area contributed by atoms with E-state index in [0.29, 0.717) is 22.3 Å². The molecular weight excluding hydrogens is 449 g/mol. The van der Waals surface area contributed by atoms with E-state index >= 15 is 0 Å². The molecule has 2 rings (SSSR count). The molecule has 8 heteroatoms. The van der Waals surface area contributed by atoms with Crippen LogP contribution in [-0.2, 0) is 4.74 Å². The molecule has 4 nitrogen and oxygen atoms in total. The van der Waals surface area contributed by atoms with Crippen LogP contribution in [0, 0.1) is 0 Å². The van der Waals surface area contributed by atoms with Gasteiger partial charge < -0.3 is 9.47 Å². The molecule has 1 aromatic carbocycles. The fourth-order valence-corrected chi connectivity index (χ4v) is 2.61. The van der Waals surface area contributed by atoms with Gasteiger partial charge in [-0.05, 0) is 59.6 Å². The molecule has 0 unspecified atom stereocenters. The van der Waals surface area contributed by atoms with Crippen molar-refractivity contribution in [1.29, 1.82) is 0 Å². The van der Waals surface area contributed by atoms with Gasteiger partial charge in [-0.2, -0.15) is 13.2 Å². The summed E-state index contributed by atoms with van der Waals surface area (Å²) in [6.07, 6.45) is -1.56. The van der Waals surface area contributed by atoms with Gasteiger partial charge in [0.1, 0.15) is 16.1 Å². The molecule has 0 bridgehead atoms. The molecule has 154 valence electrons. The quantitative estimate of drug-likeness (QED) is 0.203. The maximum Gasteiger partial charge on any atom is 0.425 e. The van der Waals surface area contributed by atoms with Crippen LogP contribution in [0.2, 0.25) is 0 Å². The fraction of sp³-hybridized carbons (Fsp3) is 0.238. The lowest BCUT2D eigenvalue weighted by Crippen LogP contribution is -2.20. The van der Waals surface area contributed by atoms with Crippen molar-refractivity contribution in [3.8, 4) is 5.75 Å². The fourth-order valence-electron chi connectivity index (χ4n) is 2.37. The minimum atomic E-state index is -4.75. The molecule has 1 aromatic heterocycles. The molecule has 0 atom stereocenters. The van der Waals surface area contributed by atoms with Crippen molar-refractivity contribution in [2.75, 3.05) is 7.11 Å². The van der Waals surface area contributed by atoms with Crippen LogP contribution in [0.25, 0.3) is 0 Å². The molecule has 1 heterocycles. The second-order valence-corrected chi connectivity index (χ2v) is 6.65. The van der Waals surface area contributed by atoms with E-state index in [2.05, 4.69) is 25.9 Å². The van der Waals surface area contributed by atoms with Gasteiger partial charge in [0.05, 0.1) is 12.8 Å². The van der Waals surface area contributed by atoms with E-state index in [1.54, 1.807) is 56.3 Å². The third-order valence-electron chi connectivity index (χ3n) is 3.71. The number of hydrogen-bond acceptors (Lipinski definition) is 4. The molecule has 0 spiro atoms. The smallest absolute Gasteiger partial charge is 0.425 e. The van der Waals surface area contributed by atoms with Gasteiger partial charge >= 0.3 is 6.18 Å². The molecule has 2 aromatic rings. The van der Waals surface area contributed by atoms with Gasteiger partial charge in [-0.15, -0.1) is 0 Å². The third kappa shape index (κ3) is 6.45. The van der Waals surface area contributed by atoms with E-state index in [9.17, 15) is 13.2 Å². The van der Waals surface area contributed by atoms with Gasteiger partial charge in [0, 0.05) is 11.8 Å². The molecule has 0 N–H and O–H groups in total. The number of methoxy groups -OCH3 is 1. The number of nitrogens with zero attached hydrogens (tertiary/aromatic N) is 2. The second-order valence-electron chi connectivity index (χ2n) is 5.84. The predicted octanol–water partition coefficient (Wildman–Crippen LogP) is 6.45. The topological polar surface area (TPSA) is 43.7 Å². The van der Waals surface area contributed by atoms with Gasteiger partial charge in [-0.1, -0.05) is 25.1 Å². The number of halogens is 4. The standard InChI is InChI=1S/C21H20BrF3N2O2/c1-4-8-17(29-16-9-6-5-7-10-16)19(21(23,24)25)20(28-3)27-14(2)15-11-12-18(22)26-13-15/h5-13H,4H2,1-3H3/b17-8-,20-19-,27-14?. The number of allylic oxidation sites excluding steroid dienone is 2. The lowest BCUT2D eigenvalue weighted by atomic mass is 10.1. The molecule has 0 aliphatic rings. The van der Waals surface area contributed by atoms with Crippen LogP contribution in [0.1, 0.15) is 25.8 Å². The van der Waals surface area contributed by atoms with E-state index in [0.717, 1.165) is 7.11 Å². The molecule has 0 amide bonds. The number of alkyl halides is 3. The zero-order chi connectivity index (χ0) is 21.4. The monoisotopic (exact) mass is 468 g/mol. The summed E-state index contributed by atoms with van der Waals surface area (Å²) in [7, 11) is 1.14. The number of para-hydroxylation sites is 1. The highest BCUT2D eigenvalue weighted by molar-refractivity contribution is 9.10. The Labute approximate surface area is 175 Å². The minimum absolute atomic E-state index is 0.280. The molecule has 0 radical (unpaired) electrons. The number of benzene rings is 1. The van der Waals surface area contributed by atoms with Crippen LogP contribution in [-0.4, -0.2) is 24.0 Å². The van der Waals surface area contributed by atoms with Crippen molar-refractivity contribution in [2.24, 2.45) is 4.99 Å². The summed E-state index contributed by atoms with van der Waals surface area (Å²) in [6, 6.07) is 11.6. The number of aliphatic imine (C=N–C) groups is 1. The number of aromatic nitrogens is 1. The summed E-state index contributed by atoms with van der Waals surface area (Å²) < 4.78 is 53.2. The Hall–Kier alpha value is -2.61. The van der Waals surface area contributed by atoms with Crippen LogP contribution in [0.3, 0.4) is 0 Å². The van der Waals surface area contributed by atoms with Gasteiger partial charge in [0.25, 0.3) is 0 Å². The lowest BCUT2D eigenvalue weighted by molar-refractivity contribution is -0.0953. The minimum Gasteiger partial charge on any atom is -0.480 e. The zero-order valence-electron chi connectivity index (χ0n) is 16.1. The Balaban J connectivity index is 2.58. The highest BCUT2D eigenvalue weighted by atomic mass is 79.9. The van der Waals surface area contributed by atoms with Crippen molar-refractivity contribution in [3.05, 3.63) is 82.1 Å². The van der Waals surface area contributed by atoms with E-state index in [4.69, 9.17) is 9.47 Å². The number of ether oxygens (including phenoxy) is 2. The molecule has 29 heavy (non-hydrogen) atoms. The van der Waals surface area contributed by atoms with Crippen molar-refractivity contribution >= 4 is 21.6 Å². The first-order valence-corrected chi connectivity index (χ1v) is 9.51. The normalized spacial score (nSPS) is 13.8. The summed E-state index contributed by atoms with van der Waals surface area (Å²) in [6.45, 7) is 3.30. The molecule has 0 aliphatic carbocycles. The number of hydrogen-bond donors (Lipinski definition) is 0. The van der Waals surface area contributed by atoms with Crippen molar-refractivity contribution < 1.29 is 22.6 Å². The van der Waals surface area contributed by atoms with Crippen molar-refractivity contribution in [3.63, 3.8) is 0 Å². The van der Waals surface area contributed by atoms with Crippen LogP contribution in [0.5, 0.6) is 5.75 Å². The third-order valence-corrected chi connectivity index (χ3v) is 4.18. The van der Waals surface area contributed by atoms with Gasteiger partial charge in [0.2, 0.25) is 5.88 Å². The number of rotatable bonds is 7. The van der Waals surface area contributed by atoms with Crippen molar-refractivity contribution in [2.45, 2.75) is 26.4 Å². The molecule has 0 saturated carbocycles. The highest BCUT2D eigenvalue weighted by Crippen LogP contribution is 2.36. The van der Waals surface area contributed by atoms with Crippen LogP contribution < -0.4 is 4.74 Å². The molecule has 0 saturated heterocycles. The summed E-state index contributed by atoms with van der Waals surface area (Å²) in [5.74, 6) is -0.677. The Morgan fingerprint density at radius 2 is 1.86 bits per heavy atom. The van der Waals surface area contributed by atoms with Gasteiger partial charge in [-0.3, -0.25) is 0 Å². The highest BCUT2D eigenvalue weighted by Gasteiger charge is 2.41. The largest absolute Gasteiger partial charge is 0.480 e. The second kappa shape index (κ2) is 10.2. The summed E-state index contributed by atoms with van der Waals surface area (Å²) >= 11 is 3.22. The first-order chi connectivity index (χ1) is 13.8. The van der Waals surface area contributed by atoms with E-state index in [-0.39, 0.29) is 11.5 Å². The maximum absolute atomic E-state index is 14.0. The average Bonchev–Trinajstić information content (AvgIpc) is 2.67. The summed E-state index contributed by atoms with van der Waals surface area (Å²) in [4.78, 5) is 8.15. The van der Waals surface area contributed by atoms with Crippen LogP contribution in [0.15, 0.2) is 81.5 Å². The number of pyridine rings is 1. The van der Waals surface area contributed by atoms with Crippen LogP contribution >= 0.6 is 15.9 Å². The van der Waals surface area contributed by atoms with E-state index in [1.165, 1.54) is 12.3 Å². The Bertz CT molecular complexity index is 906. The SMILES string of the molecule is CC/C=C(Oc1ccccc1)/C(=C(\N=C(C)c1ccc(Br)nc1)OC)C(F)(F)F. The van der Waals surface area contributed by atoms with Gasteiger partial charge in [-0.25, -0.2) is 9.98 Å². The summed E-state index contributed by atoms with van der Waals surface area (Å²) in [5.41, 5.74) is -0.205. The lowest BCUT2D eigenvalue weighted by Gasteiger charge is -2.18. The molecular formula is C21H20BrF3N2O2. The summed E-state index contributed by atoms with van der Waals surface area (Å²) in [5, 5.41) is 0. The average molecular weight is 469 g/mol.